The van der Waals surface area contributed by atoms with Crippen LogP contribution in [-0.4, -0.2) is 45.7 Å². The summed E-state index contributed by atoms with van der Waals surface area (Å²) in [5, 5.41) is 1.37. The largest absolute Gasteiger partial charge is 0.492 e. The molecule has 0 aliphatic rings. The predicted octanol–water partition coefficient (Wildman–Crippen LogP) is 2.86. The van der Waals surface area contributed by atoms with Gasteiger partial charge in [0.25, 0.3) is 0 Å². The molecule has 1 N–H and O–H groups in total. The van der Waals surface area contributed by atoms with Gasteiger partial charge in [-0.05, 0) is 24.6 Å². The molecule has 21 heavy (non-hydrogen) atoms. The van der Waals surface area contributed by atoms with Gasteiger partial charge in [-0.25, -0.2) is 9.80 Å². The van der Waals surface area contributed by atoms with Crippen molar-refractivity contribution < 1.29 is 27.2 Å². The Morgan fingerprint density at radius 2 is 1.76 bits per heavy atom. The highest BCUT2D eigenvalue weighted by molar-refractivity contribution is 6.74. The van der Waals surface area contributed by atoms with Gasteiger partial charge in [0.15, 0.2) is 8.32 Å². The van der Waals surface area contributed by atoms with Crippen LogP contribution in [0.3, 0.4) is 0 Å². The third-order valence-corrected chi connectivity index (χ3v) is 7.97. The van der Waals surface area contributed by atoms with E-state index in [0.717, 1.165) is 0 Å². The molecule has 0 saturated heterocycles. The van der Waals surface area contributed by atoms with Gasteiger partial charge in [-0.15, -0.1) is 0 Å². The summed E-state index contributed by atoms with van der Waals surface area (Å²) in [5.74, 6) is -2.27. The molecule has 0 radical (unpaired) electrons. The molecule has 0 spiro atoms. The van der Waals surface area contributed by atoms with Crippen molar-refractivity contribution in [1.82, 2.24) is 10.6 Å². The number of nitrogens with zero attached hydrogens (tertiary/aromatic N) is 1. The fourth-order valence-corrected chi connectivity index (χ4v) is 2.16. The molecule has 0 aromatic rings. The minimum absolute atomic E-state index is 0.111. The molecule has 0 aliphatic heterocycles. The predicted molar refractivity (Wildman–Crippen MR) is 75.7 cm³/mol. The molecule has 0 heterocycles. The van der Waals surface area contributed by atoms with Crippen LogP contribution in [0.1, 0.15) is 27.2 Å². The first-order valence-corrected chi connectivity index (χ1v) is 9.57. The third-order valence-electron chi connectivity index (χ3n) is 3.43. The van der Waals surface area contributed by atoms with E-state index in [1.165, 1.54) is 12.1 Å². The summed E-state index contributed by atoms with van der Waals surface area (Å²) in [6, 6.07) is 0. The minimum atomic E-state index is -5.00. The van der Waals surface area contributed by atoms with E-state index in [-0.39, 0.29) is 5.04 Å². The van der Waals surface area contributed by atoms with Gasteiger partial charge in [-0.3, -0.25) is 0 Å². The van der Waals surface area contributed by atoms with Crippen molar-refractivity contribution in [3.05, 3.63) is 0 Å². The molecule has 0 aromatic heterocycles. The lowest BCUT2D eigenvalue weighted by Crippen LogP contribution is -2.42. The number of carbonyl (C=O) groups is 1. The molecule has 0 unspecified atom stereocenters. The first-order chi connectivity index (χ1) is 9.27. The molecular weight excluding hydrogens is 305 g/mol. The van der Waals surface area contributed by atoms with Crippen molar-refractivity contribution in [3.8, 4) is 0 Å². The van der Waals surface area contributed by atoms with Crippen LogP contribution in [0.25, 0.3) is 0 Å². The zero-order valence-electron chi connectivity index (χ0n) is 13.4. The third kappa shape index (κ3) is 7.79. The number of carbonyl (C=O) groups excluding carboxylic acids is 1. The summed E-state index contributed by atoms with van der Waals surface area (Å²) in [5.41, 5.74) is 1.94. The highest BCUT2D eigenvalue weighted by Crippen LogP contribution is 2.36. The Balaban J connectivity index is 3.92. The highest BCUT2D eigenvalue weighted by Gasteiger charge is 2.41. The maximum atomic E-state index is 11.9. The molecule has 0 aromatic carbocycles. The summed E-state index contributed by atoms with van der Waals surface area (Å²) in [4.78, 5) is 14.4. The lowest BCUT2D eigenvalue weighted by atomic mass is 10.2. The molecular formula is C12H25F3N2O3Si. The van der Waals surface area contributed by atoms with E-state index < -0.39 is 20.5 Å². The van der Waals surface area contributed by atoms with Crippen molar-refractivity contribution in [3.63, 3.8) is 0 Å². The molecule has 0 fully saturated rings. The van der Waals surface area contributed by atoms with Gasteiger partial charge in [0.05, 0.1) is 0 Å². The molecule has 0 aliphatic carbocycles. The van der Waals surface area contributed by atoms with E-state index in [9.17, 15) is 18.0 Å². The van der Waals surface area contributed by atoms with Gasteiger partial charge in [-0.2, -0.15) is 13.2 Å². The van der Waals surface area contributed by atoms with Crippen molar-refractivity contribution in [2.24, 2.45) is 0 Å². The van der Waals surface area contributed by atoms with Gasteiger partial charge in [-0.1, -0.05) is 26.4 Å². The number of hydrogen-bond donors (Lipinski definition) is 1. The van der Waals surface area contributed by atoms with Crippen LogP contribution in [-0.2, 0) is 14.1 Å². The zero-order chi connectivity index (χ0) is 16.9. The van der Waals surface area contributed by atoms with Gasteiger partial charge >= 0.3 is 12.1 Å². The van der Waals surface area contributed by atoms with Crippen LogP contribution < -0.4 is 5.59 Å². The fourth-order valence-electron chi connectivity index (χ4n) is 1.07. The average Bonchev–Trinajstić information content (AvgIpc) is 2.28. The van der Waals surface area contributed by atoms with E-state index in [2.05, 4.69) is 38.7 Å². The number of nitrogens with one attached hydrogen (secondary N) is 1. The number of alkyl halides is 3. The maximum absolute atomic E-state index is 11.9. The van der Waals surface area contributed by atoms with Crippen molar-refractivity contribution >= 4 is 14.3 Å². The van der Waals surface area contributed by atoms with Crippen LogP contribution in [0.15, 0.2) is 0 Å². The summed E-state index contributed by atoms with van der Waals surface area (Å²) in [7, 11) is -0.329. The average molecular weight is 330 g/mol. The van der Waals surface area contributed by atoms with Crippen LogP contribution >= 0.6 is 0 Å². The first kappa shape index (κ1) is 20.4. The van der Waals surface area contributed by atoms with E-state index >= 15 is 0 Å². The second kappa shape index (κ2) is 7.57. The second-order valence-corrected chi connectivity index (χ2v) is 11.2. The number of halogens is 3. The van der Waals surface area contributed by atoms with Gasteiger partial charge in [0.2, 0.25) is 0 Å². The minimum Gasteiger partial charge on any atom is -0.417 e. The van der Waals surface area contributed by atoms with Gasteiger partial charge < -0.3 is 9.26 Å². The van der Waals surface area contributed by atoms with Gasteiger partial charge in [0, 0.05) is 20.2 Å². The molecule has 0 bridgehead atoms. The quantitative estimate of drug-likeness (QED) is 0.442. The normalized spacial score (nSPS) is 13.6. The Labute approximate surface area is 124 Å². The Morgan fingerprint density at radius 1 is 1.24 bits per heavy atom. The molecule has 126 valence electrons. The zero-order valence-corrected chi connectivity index (χ0v) is 14.4. The van der Waals surface area contributed by atoms with E-state index in [0.29, 0.717) is 19.6 Å². The van der Waals surface area contributed by atoms with Crippen LogP contribution in [0.2, 0.25) is 18.1 Å². The van der Waals surface area contributed by atoms with Crippen molar-refractivity contribution in [2.75, 3.05) is 20.2 Å². The Morgan fingerprint density at radius 3 is 2.19 bits per heavy atom. The maximum Gasteiger partial charge on any atom is 0.492 e. The van der Waals surface area contributed by atoms with E-state index in [1.54, 1.807) is 0 Å². The topological polar surface area (TPSA) is 50.8 Å². The molecule has 9 heteroatoms. The molecule has 0 atom stereocenters. The number of rotatable bonds is 7. The van der Waals surface area contributed by atoms with E-state index in [4.69, 9.17) is 4.43 Å². The smallest absolute Gasteiger partial charge is 0.417 e. The molecule has 5 nitrogen and oxygen atoms in total. The highest BCUT2D eigenvalue weighted by atomic mass is 28.4. The second-order valence-electron chi connectivity index (χ2n) is 6.36. The lowest BCUT2D eigenvalue weighted by Gasteiger charge is -2.36. The monoisotopic (exact) mass is 330 g/mol. The standard InChI is InChI=1S/C12H25F3N2O3Si/c1-11(2,3)21(5,6)19-9-7-8-17(4)16-20-10(18)12(13,14)15/h16H,7-9H2,1-6H3. The Hall–Kier alpha value is -0.643. The van der Waals surface area contributed by atoms with Gasteiger partial charge in [0.1, 0.15) is 0 Å². The number of hydrogen-bond acceptors (Lipinski definition) is 5. The molecule has 0 rings (SSSR count). The summed E-state index contributed by atoms with van der Waals surface area (Å²) in [6.07, 6.45) is -4.39. The van der Waals surface area contributed by atoms with Crippen LogP contribution in [0.4, 0.5) is 13.2 Å². The van der Waals surface area contributed by atoms with Crippen LogP contribution in [0.5, 0.6) is 0 Å². The van der Waals surface area contributed by atoms with Crippen molar-refractivity contribution in [2.45, 2.75) is 51.5 Å². The lowest BCUT2D eigenvalue weighted by molar-refractivity contribution is -0.216. The fraction of sp³-hybridized carbons (Fsp3) is 0.917. The Kier molecular flexibility index (Phi) is 7.34. The van der Waals surface area contributed by atoms with E-state index in [1.807, 2.05) is 5.59 Å². The molecule has 0 saturated carbocycles. The summed E-state index contributed by atoms with van der Waals surface area (Å²) in [6.45, 7) is 11.5. The molecule has 0 amide bonds. The summed E-state index contributed by atoms with van der Waals surface area (Å²) < 4.78 is 41.6. The summed E-state index contributed by atoms with van der Waals surface area (Å²) >= 11 is 0. The SMILES string of the molecule is CN(CCCO[Si](C)(C)C(C)(C)C)NOC(=O)C(F)(F)F. The number of hydrazine groups is 1. The van der Waals surface area contributed by atoms with Crippen LogP contribution in [0, 0.1) is 0 Å². The first-order valence-electron chi connectivity index (χ1n) is 6.66. The Bertz CT molecular complexity index is 344. The van der Waals surface area contributed by atoms with Crippen molar-refractivity contribution in [1.29, 1.82) is 0 Å².